The van der Waals surface area contributed by atoms with Crippen molar-refractivity contribution in [3.63, 3.8) is 0 Å². The lowest BCUT2D eigenvalue weighted by atomic mass is 10.1. The Kier molecular flexibility index (Phi) is 4.99. The van der Waals surface area contributed by atoms with Gasteiger partial charge in [-0.1, -0.05) is 91.0 Å². The molecule has 0 spiro atoms. The second-order valence-corrected chi connectivity index (χ2v) is 12.2. The second-order valence-electron chi connectivity index (χ2n) is 12.2. The first-order valence-electron chi connectivity index (χ1n) is 16.1. The van der Waals surface area contributed by atoms with E-state index in [1.165, 1.54) is 0 Å². The SMILES string of the molecule is c1ccc(-c2nc(-n3c4ccccc4n4c5cc(-n6c7ccccc7n7c8ccccc8nc67)ccc5cc34)nc3ccccc23)cc1. The Morgan fingerprint density at radius 3 is 1.88 bits per heavy atom. The topological polar surface area (TPSA) is 57.4 Å². The van der Waals surface area contributed by atoms with Crippen LogP contribution in [0.25, 0.3) is 89.2 Å². The molecule has 0 radical (unpaired) electrons. The molecule has 11 rings (SSSR count). The Morgan fingerprint density at radius 2 is 1.06 bits per heavy atom. The van der Waals surface area contributed by atoms with Crippen molar-refractivity contribution in [2.45, 2.75) is 0 Å². The zero-order valence-corrected chi connectivity index (χ0v) is 25.6. The number of nitrogens with zero attached hydrogens (tertiary/aromatic N) is 7. The van der Waals surface area contributed by atoms with Crippen molar-refractivity contribution < 1.29 is 0 Å². The quantitative estimate of drug-likeness (QED) is 0.199. The fourth-order valence-corrected chi connectivity index (χ4v) is 7.49. The maximum atomic E-state index is 5.25. The summed E-state index contributed by atoms with van der Waals surface area (Å²) in [6.07, 6.45) is 0. The Bertz CT molecular complexity index is 3070. The minimum atomic E-state index is 0.643. The van der Waals surface area contributed by atoms with Crippen molar-refractivity contribution in [3.05, 3.63) is 152 Å². The van der Waals surface area contributed by atoms with Crippen LogP contribution in [0.3, 0.4) is 0 Å². The van der Waals surface area contributed by atoms with E-state index < -0.39 is 0 Å². The van der Waals surface area contributed by atoms with Crippen molar-refractivity contribution in [1.82, 2.24) is 32.9 Å². The lowest BCUT2D eigenvalue weighted by molar-refractivity contribution is 1.00. The molecule has 7 nitrogen and oxygen atoms in total. The average Bonchev–Trinajstić information content (AvgIpc) is 3.87. The molecule has 11 aromatic rings. The third kappa shape index (κ3) is 3.39. The van der Waals surface area contributed by atoms with Crippen molar-refractivity contribution in [2.75, 3.05) is 0 Å². The molecular formula is C41H25N7. The van der Waals surface area contributed by atoms with Crippen LogP contribution >= 0.6 is 0 Å². The van der Waals surface area contributed by atoms with Crippen LogP contribution < -0.4 is 0 Å². The van der Waals surface area contributed by atoms with Crippen molar-refractivity contribution in [2.24, 2.45) is 0 Å². The number of rotatable bonds is 3. The molecule has 0 aliphatic heterocycles. The van der Waals surface area contributed by atoms with E-state index in [1.807, 2.05) is 24.3 Å². The zero-order chi connectivity index (χ0) is 31.3. The number of aromatic nitrogens is 7. The van der Waals surface area contributed by atoms with Gasteiger partial charge >= 0.3 is 0 Å². The van der Waals surface area contributed by atoms with E-state index in [0.717, 1.165) is 83.3 Å². The van der Waals surface area contributed by atoms with E-state index in [2.05, 4.69) is 145 Å². The van der Waals surface area contributed by atoms with Gasteiger partial charge in [-0.25, -0.2) is 15.0 Å². The summed E-state index contributed by atoms with van der Waals surface area (Å²) in [6.45, 7) is 0. The van der Waals surface area contributed by atoms with Crippen LogP contribution in [0, 0.1) is 0 Å². The molecule has 0 aliphatic carbocycles. The van der Waals surface area contributed by atoms with Crippen LogP contribution in [0.1, 0.15) is 0 Å². The zero-order valence-electron chi connectivity index (χ0n) is 25.6. The molecule has 5 aromatic heterocycles. The monoisotopic (exact) mass is 615 g/mol. The smallest absolute Gasteiger partial charge is 0.237 e. The standard InChI is InChI=1S/C41H25N7/c1-2-12-26(13-3-1)39-29-14-4-5-15-30(29)42-40(44-39)48-36-21-11-9-19-34(36)46-37-25-28(23-22-27(37)24-38(46)48)45-33-18-8-10-20-35(33)47-32-17-7-6-16-31(32)43-41(45)47/h1-25H. The number of benzene rings is 6. The third-order valence-corrected chi connectivity index (χ3v) is 9.56. The van der Waals surface area contributed by atoms with Gasteiger partial charge in [0.1, 0.15) is 5.65 Å². The molecular weight excluding hydrogens is 591 g/mol. The number of hydrogen-bond donors (Lipinski definition) is 0. The van der Waals surface area contributed by atoms with Crippen LogP contribution in [0.15, 0.2) is 152 Å². The van der Waals surface area contributed by atoms with Gasteiger partial charge in [-0.05, 0) is 60.7 Å². The molecule has 224 valence electrons. The Morgan fingerprint density at radius 1 is 0.417 bits per heavy atom. The predicted molar refractivity (Wildman–Crippen MR) is 193 cm³/mol. The van der Waals surface area contributed by atoms with Gasteiger partial charge in [0.2, 0.25) is 11.7 Å². The summed E-state index contributed by atoms with van der Waals surface area (Å²) < 4.78 is 9.06. The molecule has 0 saturated heterocycles. The van der Waals surface area contributed by atoms with Gasteiger partial charge in [-0.3, -0.25) is 17.9 Å². The Balaban J connectivity index is 1.21. The maximum Gasteiger partial charge on any atom is 0.237 e. The summed E-state index contributed by atoms with van der Waals surface area (Å²) in [4.78, 5) is 15.5. The third-order valence-electron chi connectivity index (χ3n) is 9.56. The predicted octanol–water partition coefficient (Wildman–Crippen LogP) is 9.39. The van der Waals surface area contributed by atoms with Crippen LogP contribution in [0.5, 0.6) is 0 Å². The maximum absolute atomic E-state index is 5.25. The van der Waals surface area contributed by atoms with Gasteiger partial charge in [-0.2, -0.15) is 0 Å². The molecule has 0 atom stereocenters. The van der Waals surface area contributed by atoms with Gasteiger partial charge in [0, 0.05) is 16.3 Å². The van der Waals surface area contributed by atoms with Crippen LogP contribution in [-0.2, 0) is 0 Å². The van der Waals surface area contributed by atoms with Crippen LogP contribution in [-0.4, -0.2) is 32.9 Å². The highest BCUT2D eigenvalue weighted by atomic mass is 15.2. The number of hydrogen-bond acceptors (Lipinski definition) is 3. The van der Waals surface area contributed by atoms with Gasteiger partial charge in [-0.15, -0.1) is 0 Å². The fourth-order valence-electron chi connectivity index (χ4n) is 7.49. The molecule has 48 heavy (non-hydrogen) atoms. The first-order chi connectivity index (χ1) is 23.8. The number of para-hydroxylation sites is 7. The lowest BCUT2D eigenvalue weighted by Gasteiger charge is -2.10. The average molecular weight is 616 g/mol. The molecule has 0 fully saturated rings. The van der Waals surface area contributed by atoms with Crippen LogP contribution in [0.2, 0.25) is 0 Å². The Hall–Kier alpha value is -6.73. The molecule has 0 amide bonds. The largest absolute Gasteiger partial charge is 0.293 e. The molecule has 0 saturated carbocycles. The highest BCUT2D eigenvalue weighted by molar-refractivity contribution is 5.99. The van der Waals surface area contributed by atoms with E-state index in [1.54, 1.807) is 0 Å². The molecule has 0 unspecified atom stereocenters. The first-order valence-corrected chi connectivity index (χ1v) is 16.1. The summed E-state index contributed by atoms with van der Waals surface area (Å²) in [5.74, 6) is 1.54. The first kappa shape index (κ1) is 25.5. The molecule has 0 N–H and O–H groups in total. The fraction of sp³-hybridized carbons (Fsp3) is 0. The van der Waals surface area contributed by atoms with Gasteiger partial charge in [0.05, 0.1) is 55.5 Å². The lowest BCUT2D eigenvalue weighted by Crippen LogP contribution is -2.03. The summed E-state index contributed by atoms with van der Waals surface area (Å²) in [5, 5.41) is 2.17. The van der Waals surface area contributed by atoms with E-state index in [-0.39, 0.29) is 0 Å². The Labute approximate surface area is 273 Å². The van der Waals surface area contributed by atoms with Crippen LogP contribution in [0.4, 0.5) is 0 Å². The minimum Gasteiger partial charge on any atom is -0.293 e. The van der Waals surface area contributed by atoms with Gasteiger partial charge in [0.25, 0.3) is 0 Å². The van der Waals surface area contributed by atoms with E-state index >= 15 is 0 Å². The van der Waals surface area contributed by atoms with E-state index in [4.69, 9.17) is 15.0 Å². The van der Waals surface area contributed by atoms with Crippen molar-refractivity contribution in [1.29, 1.82) is 0 Å². The molecule has 5 heterocycles. The molecule has 7 heteroatoms. The summed E-state index contributed by atoms with van der Waals surface area (Å²) in [6, 6.07) is 52.9. The van der Waals surface area contributed by atoms with E-state index in [9.17, 15) is 0 Å². The molecule has 6 aromatic carbocycles. The summed E-state index contributed by atoms with van der Waals surface area (Å²) in [5.41, 5.74) is 12.5. The molecule has 0 bridgehead atoms. The highest BCUT2D eigenvalue weighted by Gasteiger charge is 2.21. The number of fused-ring (bicyclic) bond motifs is 11. The number of imidazole rings is 3. The van der Waals surface area contributed by atoms with Crippen molar-refractivity contribution in [3.8, 4) is 22.9 Å². The minimum absolute atomic E-state index is 0.643. The second kappa shape index (κ2) is 9.40. The van der Waals surface area contributed by atoms with Gasteiger partial charge in [0.15, 0.2) is 0 Å². The van der Waals surface area contributed by atoms with Crippen molar-refractivity contribution >= 4 is 66.3 Å². The van der Waals surface area contributed by atoms with Gasteiger partial charge < -0.3 is 0 Å². The summed E-state index contributed by atoms with van der Waals surface area (Å²) >= 11 is 0. The molecule has 0 aliphatic rings. The normalized spacial score (nSPS) is 12.2. The summed E-state index contributed by atoms with van der Waals surface area (Å²) in [7, 11) is 0. The highest BCUT2D eigenvalue weighted by Crippen LogP contribution is 2.35. The van der Waals surface area contributed by atoms with E-state index in [0.29, 0.717) is 5.95 Å².